The van der Waals surface area contributed by atoms with Gasteiger partial charge in [0.2, 0.25) is 0 Å². The van der Waals surface area contributed by atoms with Gasteiger partial charge in [0.15, 0.2) is 0 Å². The number of hydrogen-bond donors (Lipinski definition) is 2. The van der Waals surface area contributed by atoms with Crippen molar-refractivity contribution in [3.63, 3.8) is 0 Å². The number of aliphatic carboxylic acids is 1. The van der Waals surface area contributed by atoms with Gasteiger partial charge in [-0.15, -0.1) is 0 Å². The van der Waals surface area contributed by atoms with E-state index in [1.165, 1.54) is 12.1 Å². The molecule has 0 unspecified atom stereocenters. The number of carbonyl (C=O) groups is 2. The van der Waals surface area contributed by atoms with Crippen LogP contribution in [0.25, 0.3) is 11.1 Å². The Kier molecular flexibility index (Phi) is 5.97. The summed E-state index contributed by atoms with van der Waals surface area (Å²) in [4.78, 5) is 23.2. The number of alkyl carbamates (subject to hydrolysis) is 1. The molecule has 0 bridgehead atoms. The van der Waals surface area contributed by atoms with Crippen molar-refractivity contribution >= 4 is 12.1 Å². The van der Waals surface area contributed by atoms with Gasteiger partial charge in [-0.2, -0.15) is 0 Å². The van der Waals surface area contributed by atoms with E-state index in [0.29, 0.717) is 0 Å². The third kappa shape index (κ3) is 5.88. The molecule has 0 saturated carbocycles. The van der Waals surface area contributed by atoms with Crippen LogP contribution >= 0.6 is 0 Å². The van der Waals surface area contributed by atoms with Crippen LogP contribution in [-0.2, 0) is 16.0 Å². The average molecular weight is 359 g/mol. The molecule has 2 aromatic rings. The van der Waals surface area contributed by atoms with Crippen LogP contribution in [0.3, 0.4) is 0 Å². The van der Waals surface area contributed by atoms with Crippen molar-refractivity contribution in [3.8, 4) is 11.1 Å². The number of carboxylic acids is 1. The maximum absolute atomic E-state index is 13.0. The van der Waals surface area contributed by atoms with Crippen molar-refractivity contribution in [2.75, 3.05) is 0 Å². The molecule has 0 spiro atoms. The first-order valence-corrected chi connectivity index (χ1v) is 8.21. The molecule has 1 atom stereocenters. The molecular weight excluding hydrogens is 337 g/mol. The summed E-state index contributed by atoms with van der Waals surface area (Å²) in [7, 11) is 0. The molecule has 26 heavy (non-hydrogen) atoms. The Morgan fingerprint density at radius 2 is 1.54 bits per heavy atom. The van der Waals surface area contributed by atoms with E-state index in [0.717, 1.165) is 16.7 Å². The SMILES string of the molecule is CC(C)(C)OC(=O)N[C@H](Cc1ccc(-c2ccc(F)cc2)cc1)C(=O)O. The molecule has 138 valence electrons. The van der Waals surface area contributed by atoms with Crippen molar-refractivity contribution in [3.05, 3.63) is 59.9 Å². The Morgan fingerprint density at radius 1 is 1.04 bits per heavy atom. The fourth-order valence-electron chi connectivity index (χ4n) is 2.36. The molecule has 6 heteroatoms. The molecular formula is C20H22FNO4. The van der Waals surface area contributed by atoms with Gasteiger partial charge in [0.05, 0.1) is 0 Å². The topological polar surface area (TPSA) is 75.6 Å². The molecule has 0 aliphatic heterocycles. The molecule has 5 nitrogen and oxygen atoms in total. The first-order chi connectivity index (χ1) is 12.1. The average Bonchev–Trinajstić information content (AvgIpc) is 2.54. The maximum Gasteiger partial charge on any atom is 0.408 e. The van der Waals surface area contributed by atoms with Gasteiger partial charge in [-0.25, -0.2) is 14.0 Å². The third-order valence-electron chi connectivity index (χ3n) is 3.56. The monoisotopic (exact) mass is 359 g/mol. The van der Waals surface area contributed by atoms with Gasteiger partial charge in [0.25, 0.3) is 0 Å². The normalized spacial score (nSPS) is 12.3. The first-order valence-electron chi connectivity index (χ1n) is 8.21. The van der Waals surface area contributed by atoms with Gasteiger partial charge < -0.3 is 15.2 Å². The van der Waals surface area contributed by atoms with Crippen LogP contribution in [0.15, 0.2) is 48.5 Å². The van der Waals surface area contributed by atoms with Crippen LogP contribution < -0.4 is 5.32 Å². The van der Waals surface area contributed by atoms with Gasteiger partial charge in [0.1, 0.15) is 17.5 Å². The molecule has 2 aromatic carbocycles. The summed E-state index contributed by atoms with van der Waals surface area (Å²) in [5.41, 5.74) is 1.80. The second-order valence-electron chi connectivity index (χ2n) is 6.94. The molecule has 0 aromatic heterocycles. The quantitative estimate of drug-likeness (QED) is 0.846. The van der Waals surface area contributed by atoms with E-state index in [9.17, 15) is 19.1 Å². The van der Waals surface area contributed by atoms with E-state index in [1.54, 1.807) is 45.0 Å². The second-order valence-corrected chi connectivity index (χ2v) is 6.94. The zero-order chi connectivity index (χ0) is 19.3. The zero-order valence-corrected chi connectivity index (χ0v) is 15.0. The number of carbonyl (C=O) groups excluding carboxylic acids is 1. The van der Waals surface area contributed by atoms with E-state index in [1.807, 2.05) is 12.1 Å². The van der Waals surface area contributed by atoms with E-state index in [-0.39, 0.29) is 12.2 Å². The van der Waals surface area contributed by atoms with E-state index < -0.39 is 23.7 Å². The largest absolute Gasteiger partial charge is 0.480 e. The Bertz CT molecular complexity index is 764. The molecule has 0 heterocycles. The molecule has 0 aliphatic carbocycles. The van der Waals surface area contributed by atoms with Gasteiger partial charge >= 0.3 is 12.1 Å². The van der Waals surface area contributed by atoms with Crippen LogP contribution in [0.1, 0.15) is 26.3 Å². The van der Waals surface area contributed by atoms with Crippen molar-refractivity contribution in [1.82, 2.24) is 5.32 Å². The summed E-state index contributed by atoms with van der Waals surface area (Å²) in [6, 6.07) is 12.2. The lowest BCUT2D eigenvalue weighted by molar-refractivity contribution is -0.139. The van der Waals surface area contributed by atoms with E-state index in [2.05, 4.69) is 5.32 Å². The number of nitrogens with one attached hydrogen (secondary N) is 1. The summed E-state index contributed by atoms with van der Waals surface area (Å²) in [5, 5.41) is 11.7. The summed E-state index contributed by atoms with van der Waals surface area (Å²) in [6.45, 7) is 5.11. The third-order valence-corrected chi connectivity index (χ3v) is 3.56. The Balaban J connectivity index is 2.06. The molecule has 0 saturated heterocycles. The lowest BCUT2D eigenvalue weighted by atomic mass is 10.0. The van der Waals surface area contributed by atoms with Crippen molar-refractivity contribution in [2.24, 2.45) is 0 Å². The first kappa shape index (κ1) is 19.4. The number of benzene rings is 2. The number of halogens is 1. The molecule has 0 fully saturated rings. The predicted molar refractivity (Wildman–Crippen MR) is 96.3 cm³/mol. The summed E-state index contributed by atoms with van der Waals surface area (Å²) >= 11 is 0. The highest BCUT2D eigenvalue weighted by Gasteiger charge is 2.24. The van der Waals surface area contributed by atoms with E-state index >= 15 is 0 Å². The van der Waals surface area contributed by atoms with Crippen molar-refractivity contribution in [1.29, 1.82) is 0 Å². The number of rotatable bonds is 5. The maximum atomic E-state index is 13.0. The lowest BCUT2D eigenvalue weighted by Gasteiger charge is -2.22. The van der Waals surface area contributed by atoms with Gasteiger partial charge in [-0.05, 0) is 49.6 Å². The van der Waals surface area contributed by atoms with E-state index in [4.69, 9.17) is 4.74 Å². The minimum atomic E-state index is -1.14. The Morgan fingerprint density at radius 3 is 2.00 bits per heavy atom. The van der Waals surface area contributed by atoms with Crippen LogP contribution in [0.5, 0.6) is 0 Å². The highest BCUT2D eigenvalue weighted by atomic mass is 19.1. The van der Waals surface area contributed by atoms with Crippen LogP contribution in [0, 0.1) is 5.82 Å². The lowest BCUT2D eigenvalue weighted by Crippen LogP contribution is -2.44. The highest BCUT2D eigenvalue weighted by Crippen LogP contribution is 2.20. The van der Waals surface area contributed by atoms with Crippen molar-refractivity contribution in [2.45, 2.75) is 38.8 Å². The summed E-state index contributed by atoms with van der Waals surface area (Å²) in [6.07, 6.45) is -0.647. The van der Waals surface area contributed by atoms with Crippen LogP contribution in [0.4, 0.5) is 9.18 Å². The fraction of sp³-hybridized carbons (Fsp3) is 0.300. The molecule has 1 amide bonds. The van der Waals surface area contributed by atoms with Crippen molar-refractivity contribution < 1.29 is 23.8 Å². The minimum Gasteiger partial charge on any atom is -0.480 e. The van der Waals surface area contributed by atoms with Gasteiger partial charge in [-0.3, -0.25) is 0 Å². The molecule has 0 aliphatic rings. The van der Waals surface area contributed by atoms with Gasteiger partial charge in [-0.1, -0.05) is 36.4 Å². The Hall–Kier alpha value is -2.89. The smallest absolute Gasteiger partial charge is 0.408 e. The van der Waals surface area contributed by atoms with Gasteiger partial charge in [0, 0.05) is 6.42 Å². The highest BCUT2D eigenvalue weighted by molar-refractivity contribution is 5.80. The fourth-order valence-corrected chi connectivity index (χ4v) is 2.36. The van der Waals surface area contributed by atoms with Crippen LogP contribution in [0.2, 0.25) is 0 Å². The molecule has 2 rings (SSSR count). The predicted octanol–water partition coefficient (Wildman–Crippen LogP) is 4.01. The number of amides is 1. The number of carboxylic acid groups (broad SMARTS) is 1. The summed E-state index contributed by atoms with van der Waals surface area (Å²) in [5.74, 6) is -1.44. The standard InChI is InChI=1S/C20H22FNO4/c1-20(2,3)26-19(25)22-17(18(23)24)12-13-4-6-14(7-5-13)15-8-10-16(21)11-9-15/h4-11,17H,12H2,1-3H3,(H,22,25)(H,23,24)/t17-/m1/s1. The Labute approximate surface area is 151 Å². The molecule has 0 radical (unpaired) electrons. The summed E-state index contributed by atoms with van der Waals surface area (Å²) < 4.78 is 18.1. The number of ether oxygens (including phenoxy) is 1. The van der Waals surface area contributed by atoms with Crippen LogP contribution in [-0.4, -0.2) is 28.8 Å². The minimum absolute atomic E-state index is 0.123. The zero-order valence-electron chi connectivity index (χ0n) is 15.0. The second kappa shape index (κ2) is 7.99. The molecule has 2 N–H and O–H groups in total. The number of hydrogen-bond acceptors (Lipinski definition) is 3.